The molecule has 0 aliphatic heterocycles. The Morgan fingerprint density at radius 2 is 1.74 bits per heavy atom. The van der Waals surface area contributed by atoms with Crippen LogP contribution in [0.25, 0.3) is 0 Å². The third-order valence-electron chi connectivity index (χ3n) is 2.95. The van der Waals surface area contributed by atoms with Gasteiger partial charge in [-0.1, -0.05) is 26.0 Å². The first-order chi connectivity index (χ1) is 8.90. The van der Waals surface area contributed by atoms with E-state index in [0.29, 0.717) is 12.5 Å². The summed E-state index contributed by atoms with van der Waals surface area (Å²) >= 11 is 0. The Labute approximate surface area is 114 Å². The average Bonchev–Trinajstić information content (AvgIpc) is 2.36. The quantitative estimate of drug-likeness (QED) is 0.831. The Kier molecular flexibility index (Phi) is 5.96. The fraction of sp³-hybridized carbons (Fsp3) is 0.533. The first kappa shape index (κ1) is 15.6. The molecular weight excluding hydrogens is 243 g/mol. The van der Waals surface area contributed by atoms with E-state index in [4.69, 9.17) is 0 Å². The van der Waals surface area contributed by atoms with E-state index in [1.165, 1.54) is 12.1 Å². The fourth-order valence-electron chi connectivity index (χ4n) is 1.76. The highest BCUT2D eigenvalue weighted by Gasteiger charge is 2.16. The second-order valence-electron chi connectivity index (χ2n) is 5.30. The molecule has 1 amide bonds. The second kappa shape index (κ2) is 7.24. The molecule has 2 atom stereocenters. The average molecular weight is 266 g/mol. The second-order valence-corrected chi connectivity index (χ2v) is 5.30. The molecular formula is C15H23FN2O. The minimum Gasteiger partial charge on any atom is -0.354 e. The number of amides is 1. The van der Waals surface area contributed by atoms with Gasteiger partial charge in [-0.2, -0.15) is 0 Å². The zero-order valence-corrected chi connectivity index (χ0v) is 12.0. The minimum absolute atomic E-state index is 0.000370. The van der Waals surface area contributed by atoms with Crippen molar-refractivity contribution in [2.75, 3.05) is 6.54 Å². The molecule has 1 aromatic rings. The number of rotatable bonds is 6. The van der Waals surface area contributed by atoms with Crippen molar-refractivity contribution >= 4 is 5.91 Å². The van der Waals surface area contributed by atoms with E-state index in [1.807, 2.05) is 13.8 Å². The van der Waals surface area contributed by atoms with Gasteiger partial charge in [0.25, 0.3) is 0 Å². The number of nitrogens with one attached hydrogen (secondary N) is 2. The van der Waals surface area contributed by atoms with Crippen molar-refractivity contribution in [3.63, 3.8) is 0 Å². The van der Waals surface area contributed by atoms with Crippen molar-refractivity contribution in [2.45, 2.75) is 39.8 Å². The molecule has 4 heteroatoms. The van der Waals surface area contributed by atoms with Gasteiger partial charge in [-0.3, -0.25) is 10.1 Å². The van der Waals surface area contributed by atoms with Gasteiger partial charge in [-0.15, -0.1) is 0 Å². The standard InChI is InChI=1S/C15H23FN2O/c1-10(2)9-17-15(19)12(4)18-11(3)13-5-7-14(16)8-6-13/h5-8,10-12,18H,9H2,1-4H3,(H,17,19)/t11-,12?/m1/s1. The van der Waals surface area contributed by atoms with Crippen molar-refractivity contribution in [1.82, 2.24) is 10.6 Å². The molecule has 1 rings (SSSR count). The summed E-state index contributed by atoms with van der Waals surface area (Å²) in [6.45, 7) is 8.57. The normalized spacial score (nSPS) is 14.2. The van der Waals surface area contributed by atoms with Gasteiger partial charge in [0.2, 0.25) is 5.91 Å². The molecule has 0 radical (unpaired) electrons. The lowest BCUT2D eigenvalue weighted by Crippen LogP contribution is -2.44. The van der Waals surface area contributed by atoms with Crippen LogP contribution in [-0.2, 0) is 4.79 Å². The number of benzene rings is 1. The molecule has 0 saturated carbocycles. The summed E-state index contributed by atoms with van der Waals surface area (Å²) in [6.07, 6.45) is 0. The van der Waals surface area contributed by atoms with E-state index in [0.717, 1.165) is 5.56 Å². The van der Waals surface area contributed by atoms with Crippen LogP contribution in [0.5, 0.6) is 0 Å². The van der Waals surface area contributed by atoms with E-state index in [1.54, 1.807) is 12.1 Å². The minimum atomic E-state index is -0.279. The summed E-state index contributed by atoms with van der Waals surface area (Å²) in [5.74, 6) is 0.173. The van der Waals surface area contributed by atoms with Crippen LogP contribution in [0.3, 0.4) is 0 Å². The zero-order valence-electron chi connectivity index (χ0n) is 12.0. The third-order valence-corrected chi connectivity index (χ3v) is 2.95. The van der Waals surface area contributed by atoms with Gasteiger partial charge in [-0.25, -0.2) is 4.39 Å². The number of carbonyl (C=O) groups excluding carboxylic acids is 1. The van der Waals surface area contributed by atoms with Crippen LogP contribution in [-0.4, -0.2) is 18.5 Å². The summed E-state index contributed by atoms with van der Waals surface area (Å²) in [6, 6.07) is 6.03. The molecule has 0 aliphatic carbocycles. The van der Waals surface area contributed by atoms with Crippen molar-refractivity contribution in [3.05, 3.63) is 35.6 Å². The zero-order chi connectivity index (χ0) is 14.4. The maximum Gasteiger partial charge on any atom is 0.236 e. The van der Waals surface area contributed by atoms with Crippen LogP contribution in [0.2, 0.25) is 0 Å². The SMILES string of the molecule is CC(C)CNC(=O)C(C)N[C@H](C)c1ccc(F)cc1. The van der Waals surface area contributed by atoms with Crippen LogP contribution in [0, 0.1) is 11.7 Å². The van der Waals surface area contributed by atoms with Crippen LogP contribution < -0.4 is 10.6 Å². The fourth-order valence-corrected chi connectivity index (χ4v) is 1.76. The van der Waals surface area contributed by atoms with Crippen molar-refractivity contribution in [1.29, 1.82) is 0 Å². The Balaban J connectivity index is 2.49. The maximum atomic E-state index is 12.8. The summed E-state index contributed by atoms with van der Waals surface area (Å²) < 4.78 is 12.8. The predicted molar refractivity (Wildman–Crippen MR) is 75.3 cm³/mol. The third kappa shape index (κ3) is 5.39. The first-order valence-corrected chi connectivity index (χ1v) is 6.69. The van der Waals surface area contributed by atoms with E-state index in [-0.39, 0.29) is 23.8 Å². The number of carbonyl (C=O) groups is 1. The van der Waals surface area contributed by atoms with Crippen molar-refractivity contribution < 1.29 is 9.18 Å². The number of hydrogen-bond acceptors (Lipinski definition) is 2. The molecule has 2 N–H and O–H groups in total. The molecule has 0 heterocycles. The van der Waals surface area contributed by atoms with E-state index >= 15 is 0 Å². The van der Waals surface area contributed by atoms with E-state index in [9.17, 15) is 9.18 Å². The molecule has 0 fully saturated rings. The molecule has 1 unspecified atom stereocenters. The predicted octanol–water partition coefficient (Wildman–Crippen LogP) is 2.64. The highest BCUT2D eigenvalue weighted by molar-refractivity contribution is 5.81. The van der Waals surface area contributed by atoms with Crippen molar-refractivity contribution in [3.8, 4) is 0 Å². The largest absolute Gasteiger partial charge is 0.354 e. The highest BCUT2D eigenvalue weighted by Crippen LogP contribution is 2.13. The smallest absolute Gasteiger partial charge is 0.236 e. The molecule has 1 aromatic carbocycles. The van der Waals surface area contributed by atoms with E-state index in [2.05, 4.69) is 24.5 Å². The Bertz CT molecular complexity index is 403. The molecule has 106 valence electrons. The lowest BCUT2D eigenvalue weighted by atomic mass is 10.1. The lowest BCUT2D eigenvalue weighted by molar-refractivity contribution is -0.123. The van der Waals surface area contributed by atoms with Crippen molar-refractivity contribution in [2.24, 2.45) is 5.92 Å². The summed E-state index contributed by atoms with van der Waals surface area (Å²) in [5, 5.41) is 6.09. The van der Waals surface area contributed by atoms with Gasteiger partial charge in [0.15, 0.2) is 0 Å². The highest BCUT2D eigenvalue weighted by atomic mass is 19.1. The molecule has 19 heavy (non-hydrogen) atoms. The van der Waals surface area contributed by atoms with Gasteiger partial charge >= 0.3 is 0 Å². The lowest BCUT2D eigenvalue weighted by Gasteiger charge is -2.20. The van der Waals surface area contributed by atoms with E-state index < -0.39 is 0 Å². The Morgan fingerprint density at radius 3 is 2.26 bits per heavy atom. The molecule has 0 aromatic heterocycles. The Hall–Kier alpha value is -1.42. The van der Waals surface area contributed by atoms with Gasteiger partial charge < -0.3 is 5.32 Å². The van der Waals surface area contributed by atoms with Gasteiger partial charge in [0.05, 0.1) is 6.04 Å². The van der Waals surface area contributed by atoms with Crippen LogP contribution in [0.1, 0.15) is 39.3 Å². The first-order valence-electron chi connectivity index (χ1n) is 6.69. The summed E-state index contributed by atoms with van der Waals surface area (Å²) in [5.41, 5.74) is 0.963. The molecule has 0 bridgehead atoms. The van der Waals surface area contributed by atoms with Crippen LogP contribution >= 0.6 is 0 Å². The summed E-state index contributed by atoms with van der Waals surface area (Å²) in [7, 11) is 0. The van der Waals surface area contributed by atoms with Crippen LogP contribution in [0.4, 0.5) is 4.39 Å². The van der Waals surface area contributed by atoms with Gasteiger partial charge in [0.1, 0.15) is 5.82 Å². The topological polar surface area (TPSA) is 41.1 Å². The Morgan fingerprint density at radius 1 is 1.16 bits per heavy atom. The summed E-state index contributed by atoms with van der Waals surface area (Å²) in [4.78, 5) is 11.8. The molecule has 0 saturated heterocycles. The molecule has 0 aliphatic rings. The molecule has 3 nitrogen and oxygen atoms in total. The van der Waals surface area contributed by atoms with Crippen LogP contribution in [0.15, 0.2) is 24.3 Å². The monoisotopic (exact) mass is 266 g/mol. The number of halogens is 1. The number of hydrogen-bond donors (Lipinski definition) is 2. The van der Waals surface area contributed by atoms with Gasteiger partial charge in [-0.05, 0) is 37.5 Å². The van der Waals surface area contributed by atoms with Gasteiger partial charge in [0, 0.05) is 12.6 Å². The maximum absolute atomic E-state index is 12.8. The molecule has 0 spiro atoms.